The van der Waals surface area contributed by atoms with Crippen LogP contribution in [0.15, 0.2) is 29.4 Å². The number of carbonyl (C=O) groups excluding carboxylic acids is 1. The number of unbranched alkanes of at least 4 members (excludes halogenated alkanes) is 12. The molecule has 5 nitrogen and oxygen atoms in total. The summed E-state index contributed by atoms with van der Waals surface area (Å²) in [6, 6.07) is 6.35. The number of hydrazone groups is 1. The quantitative estimate of drug-likeness (QED) is 0.177. The molecule has 0 radical (unpaired) electrons. The molecule has 0 saturated carbocycles. The van der Waals surface area contributed by atoms with Crippen LogP contribution in [0.5, 0.6) is 5.75 Å². The van der Waals surface area contributed by atoms with Crippen LogP contribution in [0.4, 0.5) is 4.79 Å². The van der Waals surface area contributed by atoms with E-state index in [1.165, 1.54) is 70.6 Å². The van der Waals surface area contributed by atoms with Gasteiger partial charge < -0.3 is 10.8 Å². The minimum atomic E-state index is -0.696. The summed E-state index contributed by atoms with van der Waals surface area (Å²) in [5.41, 5.74) is 8.71. The number of nitrogens with two attached hydrogens (primary N) is 1. The average Bonchev–Trinajstić information content (AvgIpc) is 2.68. The molecule has 158 valence electrons. The number of hydrogen-bond acceptors (Lipinski definition) is 3. The molecular weight excluding hydrogens is 350 g/mol. The van der Waals surface area contributed by atoms with Gasteiger partial charge in [-0.15, -0.1) is 0 Å². The molecule has 0 aromatic heterocycles. The molecular formula is C23H39N3O2. The fourth-order valence-corrected chi connectivity index (χ4v) is 3.40. The Bertz CT molecular complexity index is 573. The minimum Gasteiger partial charge on any atom is -0.507 e. The first-order valence-electron chi connectivity index (χ1n) is 11.1. The Morgan fingerprint density at radius 2 is 1.39 bits per heavy atom. The van der Waals surface area contributed by atoms with Crippen LogP contribution in [0.25, 0.3) is 0 Å². The van der Waals surface area contributed by atoms with Crippen molar-refractivity contribution in [1.29, 1.82) is 0 Å². The van der Waals surface area contributed by atoms with Crippen LogP contribution in [0, 0.1) is 0 Å². The molecule has 0 aliphatic heterocycles. The molecule has 0 aliphatic rings. The molecule has 0 spiro atoms. The maximum absolute atomic E-state index is 11.0. The van der Waals surface area contributed by atoms with Gasteiger partial charge >= 0.3 is 6.03 Å². The van der Waals surface area contributed by atoms with Gasteiger partial charge in [0.15, 0.2) is 0 Å². The maximum atomic E-state index is 11.0. The van der Waals surface area contributed by atoms with Gasteiger partial charge in [-0.2, -0.15) is 5.10 Å². The van der Waals surface area contributed by atoms with Crippen LogP contribution in [-0.2, 0) is 0 Å². The molecule has 0 atom stereocenters. The molecule has 2 amide bonds. The van der Waals surface area contributed by atoms with E-state index >= 15 is 0 Å². The fourth-order valence-electron chi connectivity index (χ4n) is 3.40. The van der Waals surface area contributed by atoms with E-state index in [9.17, 15) is 9.90 Å². The summed E-state index contributed by atoms with van der Waals surface area (Å²) >= 11 is 0. The third-order valence-corrected chi connectivity index (χ3v) is 5.03. The van der Waals surface area contributed by atoms with Gasteiger partial charge in [0, 0.05) is 5.56 Å². The highest BCUT2D eigenvalue weighted by Crippen LogP contribution is 2.20. The van der Waals surface area contributed by atoms with Crippen LogP contribution >= 0.6 is 0 Å². The van der Waals surface area contributed by atoms with Crippen molar-refractivity contribution < 1.29 is 9.90 Å². The monoisotopic (exact) mass is 389 g/mol. The van der Waals surface area contributed by atoms with Gasteiger partial charge in [0.05, 0.1) is 5.71 Å². The lowest BCUT2D eigenvalue weighted by molar-refractivity contribution is 0.249. The number of nitrogens with one attached hydrogen (secondary N) is 1. The summed E-state index contributed by atoms with van der Waals surface area (Å²) in [6.45, 7) is 2.26. The van der Waals surface area contributed by atoms with E-state index < -0.39 is 6.03 Å². The summed E-state index contributed by atoms with van der Waals surface area (Å²) in [4.78, 5) is 11.0. The number of amides is 2. The number of para-hydroxylation sites is 1. The van der Waals surface area contributed by atoms with E-state index in [-0.39, 0.29) is 5.75 Å². The lowest BCUT2D eigenvalue weighted by atomic mass is 10.0. The number of phenolic OH excluding ortho intramolecular Hbond substituents is 1. The summed E-state index contributed by atoms with van der Waals surface area (Å²) in [5, 5.41) is 14.1. The molecule has 0 aliphatic carbocycles. The van der Waals surface area contributed by atoms with E-state index in [2.05, 4.69) is 17.5 Å². The molecule has 0 fully saturated rings. The molecule has 0 saturated heterocycles. The van der Waals surface area contributed by atoms with E-state index in [0.717, 1.165) is 12.8 Å². The van der Waals surface area contributed by atoms with Crippen LogP contribution in [-0.4, -0.2) is 16.8 Å². The van der Waals surface area contributed by atoms with Crippen molar-refractivity contribution in [2.24, 2.45) is 10.8 Å². The minimum absolute atomic E-state index is 0.169. The largest absolute Gasteiger partial charge is 0.507 e. The molecule has 1 aromatic rings. The third kappa shape index (κ3) is 11.6. The first-order chi connectivity index (χ1) is 13.6. The molecule has 5 heteroatoms. The summed E-state index contributed by atoms with van der Waals surface area (Å²) in [7, 11) is 0. The zero-order valence-electron chi connectivity index (χ0n) is 17.6. The summed E-state index contributed by atoms with van der Waals surface area (Å²) < 4.78 is 0. The smallest absolute Gasteiger partial charge is 0.332 e. The second-order valence-corrected chi connectivity index (χ2v) is 7.54. The van der Waals surface area contributed by atoms with E-state index in [4.69, 9.17) is 5.73 Å². The normalized spacial score (nSPS) is 11.5. The highest BCUT2D eigenvalue weighted by atomic mass is 16.3. The van der Waals surface area contributed by atoms with Crippen molar-refractivity contribution in [3.05, 3.63) is 29.8 Å². The van der Waals surface area contributed by atoms with Crippen molar-refractivity contribution in [3.63, 3.8) is 0 Å². The topological polar surface area (TPSA) is 87.7 Å². The second kappa shape index (κ2) is 16.0. The van der Waals surface area contributed by atoms with Crippen molar-refractivity contribution in [2.45, 2.75) is 96.8 Å². The van der Waals surface area contributed by atoms with Gasteiger partial charge in [-0.3, -0.25) is 0 Å². The van der Waals surface area contributed by atoms with Crippen LogP contribution < -0.4 is 11.2 Å². The molecule has 1 rings (SSSR count). The van der Waals surface area contributed by atoms with Crippen molar-refractivity contribution in [1.82, 2.24) is 5.43 Å². The number of rotatable bonds is 16. The Labute approximate surface area is 170 Å². The fraction of sp³-hybridized carbons (Fsp3) is 0.652. The number of nitrogens with zero attached hydrogens (tertiary/aromatic N) is 1. The van der Waals surface area contributed by atoms with E-state index in [0.29, 0.717) is 17.7 Å². The Balaban J connectivity index is 2.16. The van der Waals surface area contributed by atoms with E-state index in [1.807, 2.05) is 6.07 Å². The van der Waals surface area contributed by atoms with Gasteiger partial charge in [0.2, 0.25) is 0 Å². The van der Waals surface area contributed by atoms with Crippen LogP contribution in [0.2, 0.25) is 0 Å². The number of benzene rings is 1. The number of aromatic hydroxyl groups is 1. The Kier molecular flexibility index (Phi) is 13.7. The van der Waals surface area contributed by atoms with Crippen molar-refractivity contribution in [3.8, 4) is 5.75 Å². The molecule has 0 unspecified atom stereocenters. The Morgan fingerprint density at radius 3 is 1.89 bits per heavy atom. The van der Waals surface area contributed by atoms with E-state index in [1.54, 1.807) is 18.2 Å². The lowest BCUT2D eigenvalue weighted by Crippen LogP contribution is -2.26. The molecule has 4 N–H and O–H groups in total. The Morgan fingerprint density at radius 1 is 0.893 bits per heavy atom. The number of urea groups is 1. The van der Waals surface area contributed by atoms with Gasteiger partial charge in [-0.05, 0) is 25.0 Å². The number of hydrogen-bond donors (Lipinski definition) is 3. The SMILES string of the molecule is CCCCCCCCCCCCCCC/C(=N/NC(N)=O)c1ccccc1O. The highest BCUT2D eigenvalue weighted by molar-refractivity contribution is 6.03. The van der Waals surface area contributed by atoms with Gasteiger partial charge in [0.1, 0.15) is 5.75 Å². The predicted octanol–water partition coefficient (Wildman–Crippen LogP) is 6.25. The third-order valence-electron chi connectivity index (χ3n) is 5.03. The average molecular weight is 390 g/mol. The Hall–Kier alpha value is -2.04. The zero-order valence-corrected chi connectivity index (χ0v) is 17.6. The number of carbonyl (C=O) groups is 1. The summed E-state index contributed by atoms with van der Waals surface area (Å²) in [6.07, 6.45) is 17.6. The van der Waals surface area contributed by atoms with Crippen molar-refractivity contribution in [2.75, 3.05) is 0 Å². The molecule has 1 aromatic carbocycles. The van der Waals surface area contributed by atoms with Gasteiger partial charge in [-0.1, -0.05) is 96.1 Å². The molecule has 0 heterocycles. The standard InChI is InChI=1S/C23H39N3O2/c1-2-3-4-5-6-7-8-9-10-11-12-13-14-18-21(25-26-23(24)28)20-17-15-16-19-22(20)27/h15-17,19,27H,2-14,18H2,1H3,(H3,24,26,28)/b25-21-. The summed E-state index contributed by atoms with van der Waals surface area (Å²) in [5.74, 6) is 0.169. The molecule has 28 heavy (non-hydrogen) atoms. The van der Waals surface area contributed by atoms with Gasteiger partial charge in [0.25, 0.3) is 0 Å². The van der Waals surface area contributed by atoms with Crippen LogP contribution in [0.1, 0.15) is 102 Å². The predicted molar refractivity (Wildman–Crippen MR) is 118 cm³/mol. The van der Waals surface area contributed by atoms with Gasteiger partial charge in [-0.25, -0.2) is 10.2 Å². The number of phenols is 1. The zero-order chi connectivity index (χ0) is 20.5. The van der Waals surface area contributed by atoms with Crippen LogP contribution in [0.3, 0.4) is 0 Å². The second-order valence-electron chi connectivity index (χ2n) is 7.54. The first kappa shape index (κ1) is 24.0. The first-order valence-corrected chi connectivity index (χ1v) is 11.1. The maximum Gasteiger partial charge on any atom is 0.332 e. The molecule has 0 bridgehead atoms. The van der Waals surface area contributed by atoms with Crippen molar-refractivity contribution >= 4 is 11.7 Å². The number of primary amides is 1. The lowest BCUT2D eigenvalue weighted by Gasteiger charge is -2.09. The highest BCUT2D eigenvalue weighted by Gasteiger charge is 2.09.